The molecule has 2 aromatic rings. The van der Waals surface area contributed by atoms with Crippen molar-refractivity contribution in [3.8, 4) is 0 Å². The van der Waals surface area contributed by atoms with E-state index in [9.17, 15) is 0 Å². The van der Waals surface area contributed by atoms with E-state index in [1.807, 2.05) is 18.2 Å². The standard InChI is InChI=1S/C11H13ClN2/c1-2-9-11(12)8-5-7(6-13)3-4-10(8)14-9/h3-5,14H,2,6,13H2,1H3. The zero-order valence-corrected chi connectivity index (χ0v) is 8.86. The third kappa shape index (κ3) is 1.41. The summed E-state index contributed by atoms with van der Waals surface area (Å²) in [6, 6.07) is 6.10. The molecule has 0 saturated heterocycles. The molecule has 0 aliphatic rings. The van der Waals surface area contributed by atoms with E-state index < -0.39 is 0 Å². The fourth-order valence-electron chi connectivity index (χ4n) is 1.63. The Kier molecular flexibility index (Phi) is 2.48. The average Bonchev–Trinajstić information content (AvgIpc) is 2.55. The molecule has 0 fully saturated rings. The number of aromatic nitrogens is 1. The highest BCUT2D eigenvalue weighted by Crippen LogP contribution is 2.28. The fourth-order valence-corrected chi connectivity index (χ4v) is 1.97. The minimum atomic E-state index is 0.554. The molecular weight excluding hydrogens is 196 g/mol. The Morgan fingerprint density at radius 2 is 2.21 bits per heavy atom. The summed E-state index contributed by atoms with van der Waals surface area (Å²) in [6.45, 7) is 2.64. The molecule has 14 heavy (non-hydrogen) atoms. The van der Waals surface area contributed by atoms with Crippen molar-refractivity contribution in [1.29, 1.82) is 0 Å². The Labute approximate surface area is 88.1 Å². The van der Waals surface area contributed by atoms with E-state index in [-0.39, 0.29) is 0 Å². The largest absolute Gasteiger partial charge is 0.357 e. The molecule has 0 spiro atoms. The summed E-state index contributed by atoms with van der Waals surface area (Å²) in [7, 11) is 0. The lowest BCUT2D eigenvalue weighted by Gasteiger charge is -1.96. The first-order valence-electron chi connectivity index (χ1n) is 4.75. The van der Waals surface area contributed by atoms with Crippen molar-refractivity contribution in [1.82, 2.24) is 4.98 Å². The Morgan fingerprint density at radius 1 is 1.43 bits per heavy atom. The second kappa shape index (κ2) is 3.64. The summed E-state index contributed by atoms with van der Waals surface area (Å²) in [4.78, 5) is 3.29. The number of nitrogens with one attached hydrogen (secondary N) is 1. The second-order valence-corrected chi connectivity index (χ2v) is 3.73. The van der Waals surface area contributed by atoms with Crippen LogP contribution in [0.15, 0.2) is 18.2 Å². The minimum Gasteiger partial charge on any atom is -0.357 e. The van der Waals surface area contributed by atoms with Crippen LogP contribution < -0.4 is 5.73 Å². The van der Waals surface area contributed by atoms with Gasteiger partial charge in [0, 0.05) is 23.1 Å². The van der Waals surface area contributed by atoms with Crippen molar-refractivity contribution in [2.75, 3.05) is 0 Å². The molecule has 0 saturated carbocycles. The summed E-state index contributed by atoms with van der Waals surface area (Å²) >= 11 is 6.21. The number of fused-ring (bicyclic) bond motifs is 1. The lowest BCUT2D eigenvalue weighted by Crippen LogP contribution is -1.94. The van der Waals surface area contributed by atoms with Crippen LogP contribution in [0, 0.1) is 0 Å². The minimum absolute atomic E-state index is 0.554. The Hall–Kier alpha value is -0.990. The quantitative estimate of drug-likeness (QED) is 0.783. The van der Waals surface area contributed by atoms with Gasteiger partial charge in [0.15, 0.2) is 0 Å². The van der Waals surface area contributed by atoms with Crippen LogP contribution in [0.1, 0.15) is 18.2 Å². The Balaban J connectivity index is 2.68. The van der Waals surface area contributed by atoms with Gasteiger partial charge in [-0.15, -0.1) is 0 Å². The highest BCUT2D eigenvalue weighted by Gasteiger charge is 2.07. The van der Waals surface area contributed by atoms with E-state index in [1.54, 1.807) is 0 Å². The van der Waals surface area contributed by atoms with Crippen molar-refractivity contribution >= 4 is 22.5 Å². The Morgan fingerprint density at radius 3 is 2.86 bits per heavy atom. The lowest BCUT2D eigenvalue weighted by molar-refractivity contribution is 1.07. The number of benzene rings is 1. The van der Waals surface area contributed by atoms with Crippen LogP contribution in [-0.2, 0) is 13.0 Å². The number of hydrogen-bond acceptors (Lipinski definition) is 1. The summed E-state index contributed by atoms with van der Waals surface area (Å²) in [5.41, 5.74) is 8.87. The summed E-state index contributed by atoms with van der Waals surface area (Å²) in [5.74, 6) is 0. The Bertz CT molecular complexity index is 460. The number of H-pyrrole nitrogens is 1. The number of rotatable bonds is 2. The van der Waals surface area contributed by atoms with Gasteiger partial charge >= 0.3 is 0 Å². The van der Waals surface area contributed by atoms with Gasteiger partial charge in [-0.1, -0.05) is 24.6 Å². The number of nitrogens with two attached hydrogens (primary N) is 1. The van der Waals surface area contributed by atoms with Crippen molar-refractivity contribution in [2.24, 2.45) is 5.73 Å². The van der Waals surface area contributed by atoms with E-state index in [0.29, 0.717) is 6.54 Å². The molecule has 3 heteroatoms. The number of halogens is 1. The van der Waals surface area contributed by atoms with Crippen LogP contribution in [0.5, 0.6) is 0 Å². The first-order valence-corrected chi connectivity index (χ1v) is 5.13. The smallest absolute Gasteiger partial charge is 0.0691 e. The van der Waals surface area contributed by atoms with Crippen LogP contribution in [0.25, 0.3) is 10.9 Å². The number of aromatic amines is 1. The van der Waals surface area contributed by atoms with Gasteiger partial charge in [-0.25, -0.2) is 0 Å². The van der Waals surface area contributed by atoms with Crippen LogP contribution in [0.2, 0.25) is 5.02 Å². The monoisotopic (exact) mass is 208 g/mol. The molecule has 2 rings (SSSR count). The number of hydrogen-bond donors (Lipinski definition) is 2. The molecule has 0 radical (unpaired) electrons. The van der Waals surface area contributed by atoms with Crippen LogP contribution >= 0.6 is 11.6 Å². The molecule has 1 aromatic heterocycles. The molecule has 1 heterocycles. The highest BCUT2D eigenvalue weighted by molar-refractivity contribution is 6.36. The summed E-state index contributed by atoms with van der Waals surface area (Å²) in [6.07, 6.45) is 0.922. The predicted octanol–water partition coefficient (Wildman–Crippen LogP) is 2.84. The van der Waals surface area contributed by atoms with E-state index in [2.05, 4.69) is 11.9 Å². The molecule has 74 valence electrons. The molecule has 1 aromatic carbocycles. The summed E-state index contributed by atoms with van der Waals surface area (Å²) < 4.78 is 0. The van der Waals surface area contributed by atoms with Crippen molar-refractivity contribution in [3.63, 3.8) is 0 Å². The molecule has 0 amide bonds. The van der Waals surface area contributed by atoms with Gasteiger partial charge in [-0.05, 0) is 24.1 Å². The zero-order valence-electron chi connectivity index (χ0n) is 8.10. The molecule has 0 atom stereocenters. The first-order chi connectivity index (χ1) is 6.76. The van der Waals surface area contributed by atoms with Gasteiger partial charge in [0.25, 0.3) is 0 Å². The average molecular weight is 209 g/mol. The van der Waals surface area contributed by atoms with Crippen molar-refractivity contribution in [3.05, 3.63) is 34.5 Å². The number of aryl methyl sites for hydroxylation is 1. The van der Waals surface area contributed by atoms with Gasteiger partial charge < -0.3 is 10.7 Å². The maximum atomic E-state index is 6.21. The second-order valence-electron chi connectivity index (χ2n) is 3.36. The van der Waals surface area contributed by atoms with Crippen LogP contribution in [0.4, 0.5) is 0 Å². The topological polar surface area (TPSA) is 41.8 Å². The maximum Gasteiger partial charge on any atom is 0.0691 e. The summed E-state index contributed by atoms with van der Waals surface area (Å²) in [5, 5.41) is 1.91. The van der Waals surface area contributed by atoms with E-state index in [4.69, 9.17) is 17.3 Å². The highest BCUT2D eigenvalue weighted by atomic mass is 35.5. The molecule has 0 aliphatic carbocycles. The fraction of sp³-hybridized carbons (Fsp3) is 0.273. The normalized spacial score (nSPS) is 11.1. The van der Waals surface area contributed by atoms with E-state index in [0.717, 1.165) is 33.6 Å². The van der Waals surface area contributed by atoms with Gasteiger partial charge in [0.1, 0.15) is 0 Å². The predicted molar refractivity (Wildman–Crippen MR) is 60.6 cm³/mol. The molecule has 2 nitrogen and oxygen atoms in total. The third-order valence-electron chi connectivity index (χ3n) is 2.46. The molecule has 3 N–H and O–H groups in total. The zero-order chi connectivity index (χ0) is 10.1. The van der Waals surface area contributed by atoms with Crippen molar-refractivity contribution < 1.29 is 0 Å². The SMILES string of the molecule is CCc1[nH]c2ccc(CN)cc2c1Cl. The van der Waals surface area contributed by atoms with Crippen molar-refractivity contribution in [2.45, 2.75) is 19.9 Å². The molecule has 0 aliphatic heterocycles. The molecule has 0 bridgehead atoms. The van der Waals surface area contributed by atoms with E-state index in [1.165, 1.54) is 0 Å². The third-order valence-corrected chi connectivity index (χ3v) is 2.89. The van der Waals surface area contributed by atoms with Gasteiger partial charge in [0.2, 0.25) is 0 Å². The lowest BCUT2D eigenvalue weighted by atomic mass is 10.1. The maximum absolute atomic E-state index is 6.21. The van der Waals surface area contributed by atoms with Gasteiger partial charge in [0.05, 0.1) is 5.02 Å². The van der Waals surface area contributed by atoms with Gasteiger partial charge in [-0.3, -0.25) is 0 Å². The first kappa shape index (κ1) is 9.56. The molecular formula is C11H13ClN2. The van der Waals surface area contributed by atoms with E-state index >= 15 is 0 Å². The van der Waals surface area contributed by atoms with Crippen LogP contribution in [-0.4, -0.2) is 4.98 Å². The molecule has 0 unspecified atom stereocenters. The van der Waals surface area contributed by atoms with Crippen LogP contribution in [0.3, 0.4) is 0 Å². The van der Waals surface area contributed by atoms with Gasteiger partial charge in [-0.2, -0.15) is 0 Å².